The van der Waals surface area contributed by atoms with Crippen LogP contribution in [-0.2, 0) is 20.1 Å². The number of nitrogens with zero attached hydrogens (tertiary/aromatic N) is 2. The highest BCUT2D eigenvalue weighted by Crippen LogP contribution is 2.31. The van der Waals surface area contributed by atoms with E-state index in [0.717, 1.165) is 11.3 Å². The van der Waals surface area contributed by atoms with E-state index in [4.69, 9.17) is 23.2 Å². The predicted molar refractivity (Wildman–Crippen MR) is 76.6 cm³/mol. The average molecular weight is 300 g/mol. The third-order valence-electron chi connectivity index (χ3n) is 2.85. The van der Waals surface area contributed by atoms with Crippen LogP contribution < -0.4 is 5.32 Å². The molecule has 0 aliphatic carbocycles. The van der Waals surface area contributed by atoms with Crippen LogP contribution in [0.3, 0.4) is 0 Å². The summed E-state index contributed by atoms with van der Waals surface area (Å²) < 4.78 is 1.78. The zero-order valence-corrected chi connectivity index (χ0v) is 12.3. The van der Waals surface area contributed by atoms with Gasteiger partial charge in [-0.15, -0.1) is 0 Å². The number of aromatic nitrogens is 2. The largest absolute Gasteiger partial charge is 0.506 e. The number of nitrogens with one attached hydrogen (secondary N) is 1. The standard InChI is InChI=1S/C13H15Cl2N3O/c1-8-10(7-18(2)17-8)6-16-5-9-3-11(14)4-12(15)13(9)19/h3-4,7,16,19H,5-6H2,1-2H3. The van der Waals surface area contributed by atoms with E-state index in [9.17, 15) is 5.11 Å². The molecule has 0 atom stereocenters. The van der Waals surface area contributed by atoms with Crippen molar-refractivity contribution in [1.82, 2.24) is 15.1 Å². The Balaban J connectivity index is 2.02. The van der Waals surface area contributed by atoms with Crippen molar-refractivity contribution < 1.29 is 5.11 Å². The molecule has 6 heteroatoms. The minimum atomic E-state index is 0.0708. The molecule has 0 spiro atoms. The molecular formula is C13H15Cl2N3O. The smallest absolute Gasteiger partial charge is 0.138 e. The summed E-state index contributed by atoms with van der Waals surface area (Å²) in [7, 11) is 1.89. The van der Waals surface area contributed by atoms with Crippen molar-refractivity contribution >= 4 is 23.2 Å². The quantitative estimate of drug-likeness (QED) is 0.912. The number of phenolic OH excluding ortho intramolecular Hbond substituents is 1. The molecule has 0 saturated carbocycles. The van der Waals surface area contributed by atoms with E-state index in [0.29, 0.717) is 23.7 Å². The fourth-order valence-corrected chi connectivity index (χ4v) is 2.44. The molecule has 2 N–H and O–H groups in total. The van der Waals surface area contributed by atoms with Gasteiger partial charge in [-0.2, -0.15) is 5.10 Å². The minimum absolute atomic E-state index is 0.0708. The molecule has 1 aromatic heterocycles. The zero-order chi connectivity index (χ0) is 14.0. The number of halogens is 2. The lowest BCUT2D eigenvalue weighted by molar-refractivity contribution is 0.464. The van der Waals surface area contributed by atoms with Crippen LogP contribution in [0.15, 0.2) is 18.3 Å². The molecular weight excluding hydrogens is 285 g/mol. The molecule has 4 nitrogen and oxygen atoms in total. The Bertz CT molecular complexity index is 596. The van der Waals surface area contributed by atoms with Crippen LogP contribution >= 0.6 is 23.2 Å². The number of hydrogen-bond donors (Lipinski definition) is 2. The third-order valence-corrected chi connectivity index (χ3v) is 3.36. The molecule has 0 radical (unpaired) electrons. The van der Waals surface area contributed by atoms with Crippen molar-refractivity contribution in [2.45, 2.75) is 20.0 Å². The van der Waals surface area contributed by atoms with Crippen molar-refractivity contribution in [3.8, 4) is 5.75 Å². The van der Waals surface area contributed by atoms with E-state index >= 15 is 0 Å². The summed E-state index contributed by atoms with van der Waals surface area (Å²) >= 11 is 11.8. The van der Waals surface area contributed by atoms with Crippen LogP contribution in [0.4, 0.5) is 0 Å². The van der Waals surface area contributed by atoms with Crippen LogP contribution in [0.2, 0.25) is 10.0 Å². The Morgan fingerprint density at radius 2 is 1.95 bits per heavy atom. The van der Waals surface area contributed by atoms with Crippen LogP contribution in [0, 0.1) is 6.92 Å². The highest BCUT2D eigenvalue weighted by atomic mass is 35.5. The first-order valence-corrected chi connectivity index (χ1v) is 6.59. The van der Waals surface area contributed by atoms with Gasteiger partial charge in [0.2, 0.25) is 0 Å². The summed E-state index contributed by atoms with van der Waals surface area (Å²) in [6.45, 7) is 3.12. The molecule has 1 aromatic carbocycles. The summed E-state index contributed by atoms with van der Waals surface area (Å²) in [5, 5.41) is 18.1. The Kier molecular flexibility index (Phi) is 4.34. The number of rotatable bonds is 4. The first kappa shape index (κ1) is 14.2. The van der Waals surface area contributed by atoms with Crippen LogP contribution in [0.5, 0.6) is 5.75 Å². The van der Waals surface area contributed by atoms with Gasteiger partial charge in [-0.1, -0.05) is 23.2 Å². The first-order valence-electron chi connectivity index (χ1n) is 5.84. The number of phenols is 1. The van der Waals surface area contributed by atoms with Crippen molar-refractivity contribution in [1.29, 1.82) is 0 Å². The first-order chi connectivity index (χ1) is 8.97. The SMILES string of the molecule is Cc1nn(C)cc1CNCc1cc(Cl)cc(Cl)c1O. The van der Waals surface area contributed by atoms with Crippen molar-refractivity contribution in [3.63, 3.8) is 0 Å². The van der Waals surface area contributed by atoms with Gasteiger partial charge in [-0.05, 0) is 19.1 Å². The second kappa shape index (κ2) is 5.82. The van der Waals surface area contributed by atoms with Crippen LogP contribution in [-0.4, -0.2) is 14.9 Å². The normalized spacial score (nSPS) is 10.9. The molecule has 0 unspecified atom stereocenters. The van der Waals surface area contributed by atoms with Crippen molar-refractivity contribution in [2.75, 3.05) is 0 Å². The number of aromatic hydroxyl groups is 1. The topological polar surface area (TPSA) is 50.1 Å². The van der Waals surface area contributed by atoms with Gasteiger partial charge in [0.15, 0.2) is 0 Å². The molecule has 102 valence electrons. The minimum Gasteiger partial charge on any atom is -0.506 e. The third kappa shape index (κ3) is 3.41. The van der Waals surface area contributed by atoms with Gasteiger partial charge in [-0.3, -0.25) is 4.68 Å². The van der Waals surface area contributed by atoms with E-state index in [-0.39, 0.29) is 10.8 Å². The van der Waals surface area contributed by atoms with Gasteiger partial charge in [0, 0.05) is 42.5 Å². The molecule has 0 amide bonds. The molecule has 0 saturated heterocycles. The summed E-state index contributed by atoms with van der Waals surface area (Å²) in [6.07, 6.45) is 1.97. The Morgan fingerprint density at radius 1 is 1.26 bits per heavy atom. The maximum atomic E-state index is 9.83. The Labute approximate surface area is 122 Å². The van der Waals surface area contributed by atoms with Crippen LogP contribution in [0.25, 0.3) is 0 Å². The van der Waals surface area contributed by atoms with E-state index < -0.39 is 0 Å². The number of benzene rings is 1. The van der Waals surface area contributed by atoms with E-state index in [1.807, 2.05) is 20.2 Å². The van der Waals surface area contributed by atoms with Gasteiger partial charge < -0.3 is 10.4 Å². The molecule has 0 fully saturated rings. The van der Waals surface area contributed by atoms with E-state index in [2.05, 4.69) is 10.4 Å². The van der Waals surface area contributed by atoms with Crippen LogP contribution in [0.1, 0.15) is 16.8 Å². The summed E-state index contributed by atoms with van der Waals surface area (Å²) in [6, 6.07) is 3.22. The Morgan fingerprint density at radius 3 is 2.58 bits per heavy atom. The molecule has 0 aliphatic heterocycles. The second-order valence-electron chi connectivity index (χ2n) is 4.41. The van der Waals surface area contributed by atoms with Gasteiger partial charge >= 0.3 is 0 Å². The highest BCUT2D eigenvalue weighted by molar-refractivity contribution is 6.35. The van der Waals surface area contributed by atoms with Gasteiger partial charge in [-0.25, -0.2) is 0 Å². The Hall–Kier alpha value is -1.23. The fourth-order valence-electron chi connectivity index (χ4n) is 1.91. The van der Waals surface area contributed by atoms with Crippen molar-refractivity contribution in [3.05, 3.63) is 45.2 Å². The molecule has 2 rings (SSSR count). The van der Waals surface area contributed by atoms with Gasteiger partial charge in [0.25, 0.3) is 0 Å². The lowest BCUT2D eigenvalue weighted by Gasteiger charge is -2.08. The maximum Gasteiger partial charge on any atom is 0.138 e. The molecule has 2 aromatic rings. The monoisotopic (exact) mass is 299 g/mol. The number of aryl methyl sites for hydroxylation is 2. The zero-order valence-electron chi connectivity index (χ0n) is 10.7. The van der Waals surface area contributed by atoms with Gasteiger partial charge in [0.05, 0.1) is 10.7 Å². The molecule has 1 heterocycles. The lowest BCUT2D eigenvalue weighted by Crippen LogP contribution is -2.13. The summed E-state index contributed by atoms with van der Waals surface area (Å²) in [5.41, 5.74) is 2.79. The maximum absolute atomic E-state index is 9.83. The second-order valence-corrected chi connectivity index (χ2v) is 5.26. The average Bonchev–Trinajstić information content (AvgIpc) is 2.64. The van der Waals surface area contributed by atoms with Crippen molar-refractivity contribution in [2.24, 2.45) is 7.05 Å². The lowest BCUT2D eigenvalue weighted by atomic mass is 10.2. The van der Waals surface area contributed by atoms with E-state index in [1.54, 1.807) is 10.7 Å². The number of hydrogen-bond acceptors (Lipinski definition) is 3. The van der Waals surface area contributed by atoms with Gasteiger partial charge in [0.1, 0.15) is 5.75 Å². The molecule has 0 bridgehead atoms. The summed E-state index contributed by atoms with van der Waals surface area (Å²) in [4.78, 5) is 0. The molecule has 19 heavy (non-hydrogen) atoms. The molecule has 0 aliphatic rings. The predicted octanol–water partition coefficient (Wildman–Crippen LogP) is 3.03. The summed E-state index contributed by atoms with van der Waals surface area (Å²) in [5.74, 6) is 0.0708. The van der Waals surface area contributed by atoms with E-state index in [1.165, 1.54) is 6.07 Å². The highest BCUT2D eigenvalue weighted by Gasteiger charge is 2.08. The fraction of sp³-hybridized carbons (Fsp3) is 0.308.